The molecule has 8 heteroatoms. The van der Waals surface area contributed by atoms with Crippen molar-refractivity contribution in [2.75, 3.05) is 20.8 Å². The number of halogens is 1. The standard InChI is InChI=1S/C23H29NO5S.ClH/c1-13-10-16-21(30-13)9-4-14(22(16)25)12-24-17-6-8-19(23(17)26)29-15-5-7-18(27-2)20(11-15)28-3;/h5,7,10-11,14,17,19,23-24,26H,4,6,8-9,12H2,1-3H3;1H/t14?,17-,19-,23-;/m1./s1. The van der Waals surface area contributed by atoms with Crippen molar-refractivity contribution in [2.24, 2.45) is 5.92 Å². The summed E-state index contributed by atoms with van der Waals surface area (Å²) in [4.78, 5) is 15.2. The van der Waals surface area contributed by atoms with E-state index < -0.39 is 6.10 Å². The number of thiophene rings is 1. The van der Waals surface area contributed by atoms with E-state index in [0.29, 0.717) is 23.8 Å². The van der Waals surface area contributed by atoms with Crippen LogP contribution >= 0.6 is 23.7 Å². The normalized spacial score (nSPS) is 25.0. The molecule has 1 unspecified atom stereocenters. The molecule has 1 aromatic carbocycles. The highest BCUT2D eigenvalue weighted by Crippen LogP contribution is 2.34. The number of nitrogens with one attached hydrogen (secondary N) is 1. The van der Waals surface area contributed by atoms with E-state index in [-0.39, 0.29) is 36.3 Å². The molecule has 2 aliphatic carbocycles. The lowest BCUT2D eigenvalue weighted by molar-refractivity contribution is 0.0440. The van der Waals surface area contributed by atoms with Crippen LogP contribution in [0.1, 0.15) is 39.4 Å². The summed E-state index contributed by atoms with van der Waals surface area (Å²) in [5, 5.41) is 14.2. The highest BCUT2D eigenvalue weighted by Gasteiger charge is 2.37. The van der Waals surface area contributed by atoms with Crippen LogP contribution in [0, 0.1) is 12.8 Å². The van der Waals surface area contributed by atoms with Gasteiger partial charge in [-0.3, -0.25) is 4.79 Å². The van der Waals surface area contributed by atoms with Gasteiger partial charge in [-0.05, 0) is 50.8 Å². The quantitative estimate of drug-likeness (QED) is 0.645. The second kappa shape index (κ2) is 10.2. The fraction of sp³-hybridized carbons (Fsp3) is 0.522. The molecule has 1 fully saturated rings. The Bertz CT molecular complexity index is 917. The third-order valence-corrected chi connectivity index (χ3v) is 7.22. The van der Waals surface area contributed by atoms with Crippen LogP contribution < -0.4 is 19.5 Å². The number of Topliss-reactive ketones (excluding diaryl/α,β-unsaturated/α-hetero) is 1. The van der Waals surface area contributed by atoms with E-state index in [2.05, 4.69) is 12.2 Å². The summed E-state index contributed by atoms with van der Waals surface area (Å²) >= 11 is 1.73. The second-order valence-electron chi connectivity index (χ2n) is 8.05. The number of aliphatic hydroxyl groups excluding tert-OH is 1. The van der Waals surface area contributed by atoms with Crippen LogP contribution in [0.5, 0.6) is 17.2 Å². The first-order chi connectivity index (χ1) is 14.5. The number of benzene rings is 1. The zero-order valence-electron chi connectivity index (χ0n) is 18.1. The number of rotatable bonds is 7. The Morgan fingerprint density at radius 1 is 1.13 bits per heavy atom. The number of fused-ring (bicyclic) bond motifs is 1. The number of carbonyl (C=O) groups is 1. The molecule has 0 radical (unpaired) electrons. The van der Waals surface area contributed by atoms with Crippen molar-refractivity contribution in [1.82, 2.24) is 5.32 Å². The molecule has 4 rings (SSSR count). The van der Waals surface area contributed by atoms with E-state index in [1.165, 1.54) is 9.75 Å². The van der Waals surface area contributed by atoms with E-state index in [4.69, 9.17) is 14.2 Å². The summed E-state index contributed by atoms with van der Waals surface area (Å²) in [7, 11) is 3.17. The van der Waals surface area contributed by atoms with Gasteiger partial charge >= 0.3 is 0 Å². The second-order valence-corrected chi connectivity index (χ2v) is 9.39. The van der Waals surface area contributed by atoms with Gasteiger partial charge < -0.3 is 24.6 Å². The third-order valence-electron chi connectivity index (χ3n) is 6.11. The van der Waals surface area contributed by atoms with Crippen LogP contribution in [-0.4, -0.2) is 49.9 Å². The van der Waals surface area contributed by atoms with E-state index in [0.717, 1.165) is 31.2 Å². The molecule has 170 valence electrons. The molecule has 31 heavy (non-hydrogen) atoms. The van der Waals surface area contributed by atoms with Gasteiger partial charge in [0.2, 0.25) is 0 Å². The first-order valence-corrected chi connectivity index (χ1v) is 11.3. The Kier molecular flexibility index (Phi) is 7.86. The average molecular weight is 468 g/mol. The Hall–Kier alpha value is -1.80. The summed E-state index contributed by atoms with van der Waals surface area (Å²) in [6.45, 7) is 2.65. The maximum Gasteiger partial charge on any atom is 0.168 e. The molecular formula is C23H30ClNO5S. The topological polar surface area (TPSA) is 77.0 Å². The largest absolute Gasteiger partial charge is 0.493 e. The number of methoxy groups -OCH3 is 2. The van der Waals surface area contributed by atoms with Crippen LogP contribution in [0.15, 0.2) is 24.3 Å². The van der Waals surface area contributed by atoms with Crippen molar-refractivity contribution >= 4 is 29.5 Å². The van der Waals surface area contributed by atoms with Crippen molar-refractivity contribution in [1.29, 1.82) is 0 Å². The molecule has 1 saturated carbocycles. The molecule has 1 heterocycles. The molecule has 4 atom stereocenters. The number of carbonyl (C=O) groups excluding carboxylic acids is 1. The summed E-state index contributed by atoms with van der Waals surface area (Å²) in [5.41, 5.74) is 0.900. The van der Waals surface area contributed by atoms with Crippen LogP contribution in [-0.2, 0) is 6.42 Å². The first kappa shape index (κ1) is 23.9. The van der Waals surface area contributed by atoms with Crippen molar-refractivity contribution < 1.29 is 24.1 Å². The molecule has 1 aromatic heterocycles. The minimum absolute atomic E-state index is 0. The van der Waals surface area contributed by atoms with Crippen LogP contribution in [0.3, 0.4) is 0 Å². The molecular weight excluding hydrogens is 438 g/mol. The Balaban J connectivity index is 0.00000272. The van der Waals surface area contributed by atoms with Gasteiger partial charge in [-0.1, -0.05) is 0 Å². The number of ketones is 1. The predicted molar refractivity (Wildman–Crippen MR) is 123 cm³/mol. The highest BCUT2D eigenvalue weighted by atomic mass is 35.5. The molecule has 0 aliphatic heterocycles. The number of ether oxygens (including phenoxy) is 3. The Labute approximate surface area is 193 Å². The Morgan fingerprint density at radius 3 is 2.65 bits per heavy atom. The minimum Gasteiger partial charge on any atom is -0.493 e. The van der Waals surface area contributed by atoms with Crippen LogP contribution in [0.2, 0.25) is 0 Å². The SMILES string of the molecule is COc1ccc(O[C@@H]2CC[C@@H](NCC3CCc4sc(C)cc4C3=O)[C@H]2O)cc1OC.Cl. The fourth-order valence-electron chi connectivity index (χ4n) is 4.46. The summed E-state index contributed by atoms with van der Waals surface area (Å²) in [6.07, 6.45) is 2.46. The molecule has 0 saturated heterocycles. The predicted octanol–water partition coefficient (Wildman–Crippen LogP) is 3.80. The molecule has 0 amide bonds. The van der Waals surface area contributed by atoms with E-state index in [1.54, 1.807) is 37.7 Å². The van der Waals surface area contributed by atoms with Gasteiger partial charge in [-0.2, -0.15) is 0 Å². The molecule has 2 N–H and O–H groups in total. The molecule has 0 bridgehead atoms. The monoisotopic (exact) mass is 467 g/mol. The highest BCUT2D eigenvalue weighted by molar-refractivity contribution is 7.12. The number of aliphatic hydroxyl groups is 1. The van der Waals surface area contributed by atoms with Gasteiger partial charge in [-0.15, -0.1) is 23.7 Å². The van der Waals surface area contributed by atoms with Crippen LogP contribution in [0.4, 0.5) is 0 Å². The summed E-state index contributed by atoms with van der Waals surface area (Å²) in [6, 6.07) is 7.32. The van der Waals surface area contributed by atoms with Crippen molar-refractivity contribution in [3.63, 3.8) is 0 Å². The van der Waals surface area contributed by atoms with E-state index in [9.17, 15) is 9.90 Å². The number of hydrogen-bond donors (Lipinski definition) is 2. The molecule has 6 nitrogen and oxygen atoms in total. The lowest BCUT2D eigenvalue weighted by atomic mass is 9.87. The first-order valence-electron chi connectivity index (χ1n) is 10.4. The molecule has 2 aliphatic rings. The summed E-state index contributed by atoms with van der Waals surface area (Å²) in [5.74, 6) is 2.08. The zero-order chi connectivity index (χ0) is 21.3. The van der Waals surface area contributed by atoms with Crippen molar-refractivity contribution in [3.05, 3.63) is 39.6 Å². The smallest absolute Gasteiger partial charge is 0.168 e. The van der Waals surface area contributed by atoms with Gasteiger partial charge in [-0.25, -0.2) is 0 Å². The van der Waals surface area contributed by atoms with Gasteiger partial charge in [0.1, 0.15) is 18.0 Å². The van der Waals surface area contributed by atoms with E-state index >= 15 is 0 Å². The van der Waals surface area contributed by atoms with Crippen LogP contribution in [0.25, 0.3) is 0 Å². The van der Waals surface area contributed by atoms with Gasteiger partial charge in [0.05, 0.1) is 14.2 Å². The van der Waals surface area contributed by atoms with Gasteiger partial charge in [0.15, 0.2) is 17.3 Å². The van der Waals surface area contributed by atoms with Crippen molar-refractivity contribution in [2.45, 2.75) is 50.9 Å². The number of hydrogen-bond acceptors (Lipinski definition) is 7. The van der Waals surface area contributed by atoms with Gasteiger partial charge in [0, 0.05) is 39.9 Å². The summed E-state index contributed by atoms with van der Waals surface area (Å²) < 4.78 is 16.6. The lowest BCUT2D eigenvalue weighted by Gasteiger charge is -2.25. The minimum atomic E-state index is -0.629. The van der Waals surface area contributed by atoms with E-state index in [1.807, 2.05) is 12.1 Å². The zero-order valence-corrected chi connectivity index (χ0v) is 19.7. The lowest BCUT2D eigenvalue weighted by Crippen LogP contribution is -2.44. The maximum atomic E-state index is 12.8. The number of aryl methyl sites for hydroxylation is 2. The van der Waals surface area contributed by atoms with Crippen molar-refractivity contribution in [3.8, 4) is 17.2 Å². The molecule has 2 aromatic rings. The maximum absolute atomic E-state index is 12.8. The Morgan fingerprint density at radius 2 is 1.90 bits per heavy atom. The molecule has 0 spiro atoms. The average Bonchev–Trinajstić information content (AvgIpc) is 3.30. The third kappa shape index (κ3) is 5.00. The fourth-order valence-corrected chi connectivity index (χ4v) is 5.52. The van der Waals surface area contributed by atoms with Gasteiger partial charge in [0.25, 0.3) is 0 Å².